The molecule has 0 spiro atoms. The fourth-order valence-corrected chi connectivity index (χ4v) is 4.10. The van der Waals surface area contributed by atoms with E-state index in [4.69, 9.17) is 4.74 Å². The minimum absolute atomic E-state index is 0.111. The van der Waals surface area contributed by atoms with Gasteiger partial charge in [0, 0.05) is 0 Å². The summed E-state index contributed by atoms with van der Waals surface area (Å²) in [4.78, 5) is 11.8. The maximum absolute atomic E-state index is 12.1. The molecule has 20 heavy (non-hydrogen) atoms. The Bertz CT molecular complexity index is 419. The second kappa shape index (κ2) is 6.89. The molecule has 1 N–H and O–H groups in total. The van der Waals surface area contributed by atoms with E-state index in [0.717, 1.165) is 25.7 Å². The summed E-state index contributed by atoms with van der Waals surface area (Å²) in [6, 6.07) is -0.845. The van der Waals surface area contributed by atoms with Crippen molar-refractivity contribution >= 4 is 16.0 Å². The zero-order valence-corrected chi connectivity index (χ0v) is 13.8. The van der Waals surface area contributed by atoms with Crippen molar-refractivity contribution in [1.82, 2.24) is 4.72 Å². The molecule has 0 radical (unpaired) electrons. The molecule has 0 unspecified atom stereocenters. The van der Waals surface area contributed by atoms with Crippen LogP contribution in [0.2, 0.25) is 0 Å². The Morgan fingerprint density at radius 2 is 1.80 bits per heavy atom. The largest absolute Gasteiger partial charge is 0.459 e. The standard InChI is InChI=1S/C14H27NO4S/c1-11(13(16)19-14(2,3)4)15-20(17,18)10-12-8-6-5-7-9-12/h11-12,15H,5-10H2,1-4H3/t11-/m0/s1. The van der Waals surface area contributed by atoms with Gasteiger partial charge in [-0.25, -0.2) is 13.1 Å². The fraction of sp³-hybridized carbons (Fsp3) is 0.929. The lowest BCUT2D eigenvalue weighted by molar-refractivity contribution is -0.156. The molecule has 5 nitrogen and oxygen atoms in total. The smallest absolute Gasteiger partial charge is 0.324 e. The number of hydrogen-bond donors (Lipinski definition) is 1. The summed E-state index contributed by atoms with van der Waals surface area (Å²) >= 11 is 0. The van der Waals surface area contributed by atoms with E-state index in [1.54, 1.807) is 20.8 Å². The molecular weight excluding hydrogens is 278 g/mol. The molecule has 0 aliphatic heterocycles. The number of rotatable bonds is 5. The van der Waals surface area contributed by atoms with Gasteiger partial charge in [-0.1, -0.05) is 19.3 Å². The normalized spacial score (nSPS) is 19.6. The molecular formula is C14H27NO4S. The average molecular weight is 305 g/mol. The Balaban J connectivity index is 2.50. The van der Waals surface area contributed by atoms with Crippen LogP contribution in [0.15, 0.2) is 0 Å². The number of hydrogen-bond acceptors (Lipinski definition) is 4. The number of carbonyl (C=O) groups is 1. The topological polar surface area (TPSA) is 72.5 Å². The Kier molecular flexibility index (Phi) is 6.01. The highest BCUT2D eigenvalue weighted by Crippen LogP contribution is 2.24. The van der Waals surface area contributed by atoms with Crippen LogP contribution >= 0.6 is 0 Å². The van der Waals surface area contributed by atoms with Crippen LogP contribution in [0.4, 0.5) is 0 Å². The van der Waals surface area contributed by atoms with Gasteiger partial charge in [-0.2, -0.15) is 0 Å². The van der Waals surface area contributed by atoms with Crippen LogP contribution in [-0.4, -0.2) is 31.8 Å². The van der Waals surface area contributed by atoms with Crippen LogP contribution in [0, 0.1) is 5.92 Å². The van der Waals surface area contributed by atoms with Crippen LogP contribution in [-0.2, 0) is 19.6 Å². The lowest BCUT2D eigenvalue weighted by atomic mass is 9.91. The second-order valence-electron chi connectivity index (χ2n) is 6.66. The Morgan fingerprint density at radius 3 is 2.30 bits per heavy atom. The Hall–Kier alpha value is -0.620. The SMILES string of the molecule is C[C@H](NS(=O)(=O)CC1CCCCC1)C(=O)OC(C)(C)C. The number of sulfonamides is 1. The van der Waals surface area contributed by atoms with E-state index >= 15 is 0 Å². The molecule has 1 atom stereocenters. The van der Waals surface area contributed by atoms with E-state index in [2.05, 4.69) is 4.72 Å². The van der Waals surface area contributed by atoms with Crippen LogP contribution < -0.4 is 4.72 Å². The lowest BCUT2D eigenvalue weighted by Crippen LogP contribution is -2.44. The molecule has 118 valence electrons. The molecule has 1 fully saturated rings. The fourth-order valence-electron chi connectivity index (χ4n) is 2.42. The predicted octanol–water partition coefficient (Wildman–Crippen LogP) is 2.22. The van der Waals surface area contributed by atoms with E-state index in [-0.39, 0.29) is 11.7 Å². The molecule has 0 aromatic rings. The van der Waals surface area contributed by atoms with Gasteiger partial charge in [-0.15, -0.1) is 0 Å². The summed E-state index contributed by atoms with van der Waals surface area (Å²) in [5, 5.41) is 0. The molecule has 0 amide bonds. The van der Waals surface area contributed by atoms with Gasteiger partial charge >= 0.3 is 5.97 Å². The third-order valence-electron chi connectivity index (χ3n) is 3.30. The monoisotopic (exact) mass is 305 g/mol. The van der Waals surface area contributed by atoms with Crippen molar-refractivity contribution in [2.75, 3.05) is 5.75 Å². The summed E-state index contributed by atoms with van der Waals surface area (Å²) in [6.45, 7) is 6.79. The minimum atomic E-state index is -3.43. The Labute approximate surface area is 122 Å². The number of ether oxygens (including phenoxy) is 1. The number of carbonyl (C=O) groups excluding carboxylic acids is 1. The first-order chi connectivity index (χ1) is 9.09. The summed E-state index contributed by atoms with van der Waals surface area (Å²) in [5.74, 6) is -0.211. The van der Waals surface area contributed by atoms with Crippen molar-refractivity contribution in [2.45, 2.75) is 71.4 Å². The molecule has 0 heterocycles. The molecule has 0 aromatic heterocycles. The molecule has 0 saturated heterocycles. The van der Waals surface area contributed by atoms with Gasteiger partial charge in [-0.05, 0) is 46.5 Å². The van der Waals surface area contributed by atoms with E-state index in [1.807, 2.05) is 0 Å². The van der Waals surface area contributed by atoms with Crippen molar-refractivity contribution in [2.24, 2.45) is 5.92 Å². The van der Waals surface area contributed by atoms with Crippen molar-refractivity contribution in [3.63, 3.8) is 0 Å². The van der Waals surface area contributed by atoms with E-state index in [1.165, 1.54) is 13.3 Å². The first-order valence-corrected chi connectivity index (χ1v) is 8.97. The van der Waals surface area contributed by atoms with Crippen LogP contribution in [0.1, 0.15) is 59.8 Å². The van der Waals surface area contributed by atoms with Gasteiger partial charge in [0.05, 0.1) is 5.75 Å². The highest BCUT2D eigenvalue weighted by molar-refractivity contribution is 7.89. The zero-order valence-electron chi connectivity index (χ0n) is 12.9. The second-order valence-corrected chi connectivity index (χ2v) is 8.46. The Morgan fingerprint density at radius 1 is 1.25 bits per heavy atom. The van der Waals surface area contributed by atoms with E-state index in [9.17, 15) is 13.2 Å². The molecule has 0 aromatic carbocycles. The third-order valence-corrected chi connectivity index (χ3v) is 4.92. The van der Waals surface area contributed by atoms with E-state index < -0.39 is 27.6 Å². The van der Waals surface area contributed by atoms with Crippen LogP contribution in [0.25, 0.3) is 0 Å². The van der Waals surface area contributed by atoms with E-state index in [0.29, 0.717) is 0 Å². The molecule has 1 rings (SSSR count). The van der Waals surface area contributed by atoms with Gasteiger partial charge < -0.3 is 4.74 Å². The highest BCUT2D eigenvalue weighted by atomic mass is 32.2. The van der Waals surface area contributed by atoms with Crippen molar-refractivity contribution in [3.8, 4) is 0 Å². The van der Waals surface area contributed by atoms with Gasteiger partial charge in [-0.3, -0.25) is 4.79 Å². The summed E-state index contributed by atoms with van der Waals surface area (Å²) < 4.78 is 31.7. The molecule has 1 saturated carbocycles. The molecule has 6 heteroatoms. The maximum Gasteiger partial charge on any atom is 0.324 e. The van der Waals surface area contributed by atoms with Gasteiger partial charge in [0.2, 0.25) is 10.0 Å². The predicted molar refractivity (Wildman–Crippen MR) is 78.8 cm³/mol. The summed E-state index contributed by atoms with van der Waals surface area (Å²) in [6.07, 6.45) is 5.31. The molecule has 0 bridgehead atoms. The summed E-state index contributed by atoms with van der Waals surface area (Å²) in [7, 11) is -3.43. The first-order valence-electron chi connectivity index (χ1n) is 7.32. The first kappa shape index (κ1) is 17.4. The summed E-state index contributed by atoms with van der Waals surface area (Å²) in [5.41, 5.74) is -0.611. The maximum atomic E-state index is 12.1. The number of nitrogens with one attached hydrogen (secondary N) is 1. The van der Waals surface area contributed by atoms with Gasteiger partial charge in [0.1, 0.15) is 11.6 Å². The molecule has 1 aliphatic rings. The van der Waals surface area contributed by atoms with Crippen LogP contribution in [0.5, 0.6) is 0 Å². The average Bonchev–Trinajstić information content (AvgIpc) is 2.26. The quantitative estimate of drug-likeness (QED) is 0.790. The number of esters is 1. The third kappa shape index (κ3) is 6.70. The highest BCUT2D eigenvalue weighted by Gasteiger charge is 2.27. The lowest BCUT2D eigenvalue weighted by Gasteiger charge is -2.24. The molecule has 1 aliphatic carbocycles. The van der Waals surface area contributed by atoms with Crippen molar-refractivity contribution < 1.29 is 17.9 Å². The van der Waals surface area contributed by atoms with Gasteiger partial charge in [0.15, 0.2) is 0 Å². The minimum Gasteiger partial charge on any atom is -0.459 e. The van der Waals surface area contributed by atoms with Gasteiger partial charge in [0.25, 0.3) is 0 Å². The zero-order chi connectivity index (χ0) is 15.4. The van der Waals surface area contributed by atoms with Crippen molar-refractivity contribution in [3.05, 3.63) is 0 Å². The van der Waals surface area contributed by atoms with Crippen LogP contribution in [0.3, 0.4) is 0 Å². The van der Waals surface area contributed by atoms with Crippen molar-refractivity contribution in [1.29, 1.82) is 0 Å².